The minimum absolute atomic E-state index is 0. The van der Waals surface area contributed by atoms with Crippen LogP contribution in [0.3, 0.4) is 0 Å². The van der Waals surface area contributed by atoms with E-state index in [1.54, 1.807) is 0 Å². The van der Waals surface area contributed by atoms with Gasteiger partial charge in [0.05, 0.1) is 0 Å². The molecule has 0 nitrogen and oxygen atoms in total. The van der Waals surface area contributed by atoms with Crippen LogP contribution in [0.25, 0.3) is 0 Å². The molecule has 0 N–H and O–H groups in total. The normalized spacial score (nSPS) is 16.4. The van der Waals surface area contributed by atoms with Gasteiger partial charge in [-0.2, -0.15) is 9.90 Å². The SMILES string of the molecule is F[P-](F)(F)(F)(F)F.P.[CH3][Sn][CH3]. The third kappa shape index (κ3) is 625. The van der Waals surface area contributed by atoms with Gasteiger partial charge in [0.2, 0.25) is 0 Å². The van der Waals surface area contributed by atoms with Gasteiger partial charge in [0, 0.05) is 0 Å². The van der Waals surface area contributed by atoms with Gasteiger partial charge in [0.1, 0.15) is 0 Å². The van der Waals surface area contributed by atoms with E-state index in [1.165, 1.54) is 0 Å². The van der Waals surface area contributed by atoms with E-state index in [2.05, 4.69) is 9.88 Å². The molecule has 1 unspecified atom stereocenters. The summed E-state index contributed by atoms with van der Waals surface area (Å²) in [7, 11) is -10.7. The first kappa shape index (κ1) is 18.1. The third-order valence-electron chi connectivity index (χ3n) is 0. The van der Waals surface area contributed by atoms with Crippen molar-refractivity contribution >= 4 is 38.8 Å². The van der Waals surface area contributed by atoms with Crippen molar-refractivity contribution < 1.29 is 25.2 Å². The topological polar surface area (TPSA) is 0 Å². The van der Waals surface area contributed by atoms with E-state index in [9.17, 15) is 25.2 Å². The minimum atomic E-state index is -10.7. The molecule has 0 aromatic carbocycles. The van der Waals surface area contributed by atoms with Gasteiger partial charge in [0.15, 0.2) is 0 Å². The number of hydrogen-bond donors (Lipinski definition) is 0. The van der Waals surface area contributed by atoms with Gasteiger partial charge >= 0.3 is 64.0 Å². The molecule has 0 spiro atoms. The Balaban J connectivity index is -0.000000140. The van der Waals surface area contributed by atoms with Gasteiger partial charge in [-0.15, -0.1) is 0 Å². The zero-order valence-corrected chi connectivity index (χ0v) is 11.1. The standard InChI is InChI=1S/2CH3.F6P.H3P.Sn/c;;1-7(2,3,4,5)6;;/h2*1H3;;1H3;/q;;-1;;. The molecule has 0 aliphatic carbocycles. The molecular weight excluding hydrogens is 319 g/mol. The van der Waals surface area contributed by atoms with E-state index in [1.807, 2.05) is 0 Å². The van der Waals surface area contributed by atoms with Crippen molar-refractivity contribution in [2.24, 2.45) is 0 Å². The fourth-order valence-electron chi connectivity index (χ4n) is 0. The van der Waals surface area contributed by atoms with Gasteiger partial charge in [-0.3, -0.25) is 0 Å². The Morgan fingerprint density at radius 2 is 0.818 bits per heavy atom. The average molecular weight is 328 g/mol. The zero-order valence-electron chi connectivity index (χ0n) is 5.92. The molecule has 0 aliphatic rings. The first-order chi connectivity index (χ1) is 3.86. The molecule has 0 aromatic rings. The Bertz CT molecular complexity index is 87.9. The van der Waals surface area contributed by atoms with E-state index in [0.29, 0.717) is 0 Å². The molecule has 0 heterocycles. The summed E-state index contributed by atoms with van der Waals surface area (Å²) in [4.78, 5) is 4.59. The maximum atomic E-state index is 9.87. The second-order valence-electron chi connectivity index (χ2n) is 1.46. The summed E-state index contributed by atoms with van der Waals surface area (Å²) in [6.45, 7) is 0. The predicted molar refractivity (Wildman–Crippen MR) is 42.2 cm³/mol. The average Bonchev–Trinajstić information content (AvgIpc) is 1.20. The van der Waals surface area contributed by atoms with E-state index in [0.717, 1.165) is 0 Å². The van der Waals surface area contributed by atoms with Crippen LogP contribution in [0.1, 0.15) is 0 Å². The van der Waals surface area contributed by atoms with Crippen molar-refractivity contribution in [1.82, 2.24) is 0 Å². The van der Waals surface area contributed by atoms with Crippen LogP contribution in [-0.4, -0.2) is 21.1 Å². The van der Waals surface area contributed by atoms with Crippen molar-refractivity contribution in [3.63, 3.8) is 0 Å². The van der Waals surface area contributed by atoms with Gasteiger partial charge in [-0.25, -0.2) is 0 Å². The van der Waals surface area contributed by atoms with Crippen LogP contribution in [0.2, 0.25) is 9.88 Å². The molecule has 0 fully saturated rings. The first-order valence-electron chi connectivity index (χ1n) is 2.01. The van der Waals surface area contributed by atoms with E-state index in [4.69, 9.17) is 0 Å². The maximum absolute atomic E-state index is 10.7. The molecule has 0 aromatic heterocycles. The predicted octanol–water partition coefficient (Wildman–Crippen LogP) is 4.23. The first-order valence-corrected chi connectivity index (χ1v) is 9.75. The van der Waals surface area contributed by atoms with Crippen LogP contribution >= 0.6 is 17.7 Å². The summed E-state index contributed by atoms with van der Waals surface area (Å²) in [6.07, 6.45) is 0. The fraction of sp³-hybridized carbons (Fsp3) is 1.00. The fourth-order valence-corrected chi connectivity index (χ4v) is 0. The Morgan fingerprint density at radius 3 is 0.818 bits per heavy atom. The Labute approximate surface area is 74.2 Å². The van der Waals surface area contributed by atoms with Crippen LogP contribution in [0.15, 0.2) is 0 Å². The molecule has 0 rings (SSSR count). The van der Waals surface area contributed by atoms with Crippen molar-refractivity contribution in [2.45, 2.75) is 9.88 Å². The number of hydrogen-bond acceptors (Lipinski definition) is 0. The number of halogens is 6. The van der Waals surface area contributed by atoms with Crippen LogP contribution in [0, 0.1) is 0 Å². The van der Waals surface area contributed by atoms with Crippen LogP contribution in [-0.2, 0) is 0 Å². The third-order valence-corrected chi connectivity index (χ3v) is 0. The van der Waals surface area contributed by atoms with Crippen LogP contribution in [0.5, 0.6) is 0 Å². The quantitative estimate of drug-likeness (QED) is 0.355. The van der Waals surface area contributed by atoms with Gasteiger partial charge in [-0.05, 0) is 0 Å². The molecule has 9 heteroatoms. The monoisotopic (exact) mass is 329 g/mol. The zero-order chi connectivity index (χ0) is 9.12. The van der Waals surface area contributed by atoms with Crippen molar-refractivity contribution in [1.29, 1.82) is 0 Å². The van der Waals surface area contributed by atoms with Crippen LogP contribution in [0.4, 0.5) is 25.2 Å². The van der Waals surface area contributed by atoms with Crippen molar-refractivity contribution in [2.75, 3.05) is 0 Å². The molecule has 0 aliphatic heterocycles. The summed E-state index contributed by atoms with van der Waals surface area (Å²) in [5, 5.41) is 0. The van der Waals surface area contributed by atoms with Gasteiger partial charge in [0.25, 0.3) is 0 Å². The summed E-state index contributed by atoms with van der Waals surface area (Å²) in [6, 6.07) is 0. The van der Waals surface area contributed by atoms with E-state index < -0.39 is 7.81 Å². The Morgan fingerprint density at radius 1 is 0.818 bits per heavy atom. The van der Waals surface area contributed by atoms with Gasteiger partial charge in [-0.1, -0.05) is 0 Å². The molecule has 1 atom stereocenters. The van der Waals surface area contributed by atoms with Gasteiger partial charge < -0.3 is 0 Å². The van der Waals surface area contributed by atoms with E-state index >= 15 is 0 Å². The molecule has 0 saturated heterocycles. The second kappa shape index (κ2) is 3.96. The molecule has 2 radical (unpaired) electrons. The summed E-state index contributed by atoms with van der Waals surface area (Å²) in [5.74, 6) is 0. The summed E-state index contributed by atoms with van der Waals surface area (Å²) in [5.41, 5.74) is 0. The Kier molecular flexibility index (Phi) is 6.53. The molecular formula is C2H9F6P2Sn-. The molecule has 74 valence electrons. The summed E-state index contributed by atoms with van der Waals surface area (Å²) >= 11 is 0.230. The Hall–Kier alpha value is 1.24. The second-order valence-corrected chi connectivity index (χ2v) is 6.23. The molecule has 0 bridgehead atoms. The molecule has 11 heavy (non-hydrogen) atoms. The molecule has 0 saturated carbocycles. The van der Waals surface area contributed by atoms with E-state index in [-0.39, 0.29) is 31.0 Å². The van der Waals surface area contributed by atoms with Crippen molar-refractivity contribution in [3.05, 3.63) is 0 Å². The summed E-state index contributed by atoms with van der Waals surface area (Å²) < 4.78 is 59.2. The van der Waals surface area contributed by atoms with Crippen LogP contribution < -0.4 is 0 Å². The number of rotatable bonds is 0. The van der Waals surface area contributed by atoms with Crippen molar-refractivity contribution in [3.8, 4) is 0 Å². The molecule has 0 amide bonds.